The molecule has 0 aliphatic rings. The van der Waals surface area contributed by atoms with E-state index in [1.54, 1.807) is 0 Å². The second kappa shape index (κ2) is 4.83. The molecule has 0 aliphatic carbocycles. The Hall–Kier alpha value is -0.180. The standard InChI is InChI=1S/C7H10Cl3N4O2S/c1-11-17(15,16)14(2,3)6-4(8)5(9)12-7(10)13-6/h11H,1-3H3/q+1. The monoisotopic (exact) mass is 319 g/mol. The maximum atomic E-state index is 11.9. The van der Waals surface area contributed by atoms with Crippen LogP contribution in [0.4, 0.5) is 5.82 Å². The normalized spacial score (nSPS) is 12.8. The Kier molecular flexibility index (Phi) is 4.23. The van der Waals surface area contributed by atoms with E-state index in [4.69, 9.17) is 34.8 Å². The predicted molar refractivity (Wildman–Crippen MR) is 68.7 cm³/mol. The zero-order valence-electron chi connectivity index (χ0n) is 9.20. The Morgan fingerprint density at radius 3 is 2.18 bits per heavy atom. The van der Waals surface area contributed by atoms with Crippen LogP contribution in [0.5, 0.6) is 0 Å². The predicted octanol–water partition coefficient (Wildman–Crippen LogP) is 1.47. The van der Waals surface area contributed by atoms with Crippen LogP contribution in [-0.2, 0) is 10.2 Å². The maximum Gasteiger partial charge on any atom is 0.375 e. The van der Waals surface area contributed by atoms with Gasteiger partial charge < -0.3 is 0 Å². The first-order valence-electron chi connectivity index (χ1n) is 4.30. The largest absolute Gasteiger partial charge is 0.375 e. The zero-order chi connectivity index (χ0) is 13.4. The molecule has 1 rings (SSSR count). The van der Waals surface area contributed by atoms with Gasteiger partial charge in [0.2, 0.25) is 5.28 Å². The van der Waals surface area contributed by atoms with Gasteiger partial charge in [0.25, 0.3) is 5.82 Å². The van der Waals surface area contributed by atoms with Gasteiger partial charge in [-0.15, -0.1) is 0 Å². The first kappa shape index (κ1) is 14.9. The molecule has 1 N–H and O–H groups in total. The topological polar surface area (TPSA) is 72.0 Å². The first-order valence-corrected chi connectivity index (χ1v) is 6.87. The molecule has 0 radical (unpaired) electrons. The summed E-state index contributed by atoms with van der Waals surface area (Å²) in [6.45, 7) is 0. The summed E-state index contributed by atoms with van der Waals surface area (Å²) in [6, 6.07) is 0. The molecule has 0 unspecified atom stereocenters. The molecule has 1 aromatic heterocycles. The zero-order valence-corrected chi connectivity index (χ0v) is 12.3. The molecule has 0 aliphatic heterocycles. The van der Waals surface area contributed by atoms with Crippen molar-refractivity contribution in [2.24, 2.45) is 0 Å². The number of nitrogens with one attached hydrogen (secondary N) is 1. The molecule has 0 saturated heterocycles. The van der Waals surface area contributed by atoms with Crippen molar-refractivity contribution >= 4 is 50.8 Å². The first-order chi connectivity index (χ1) is 7.63. The molecular weight excluding hydrogens is 311 g/mol. The van der Waals surface area contributed by atoms with Crippen LogP contribution < -0.4 is 8.61 Å². The SMILES string of the molecule is CNS(=O)(=O)[N+](C)(C)c1nc(Cl)nc(Cl)c1Cl. The number of hydrogen-bond donors (Lipinski definition) is 1. The lowest BCUT2D eigenvalue weighted by molar-refractivity contribution is 0.497. The molecular formula is C7H10Cl3N4O2S+. The fraction of sp³-hybridized carbons (Fsp3) is 0.429. The van der Waals surface area contributed by atoms with E-state index in [1.807, 2.05) is 0 Å². The third kappa shape index (κ3) is 2.64. The molecule has 0 saturated carbocycles. The van der Waals surface area contributed by atoms with E-state index in [9.17, 15) is 8.42 Å². The van der Waals surface area contributed by atoms with Gasteiger partial charge >= 0.3 is 10.2 Å². The summed E-state index contributed by atoms with van der Waals surface area (Å²) in [4.78, 5) is 7.43. The van der Waals surface area contributed by atoms with Crippen LogP contribution in [0.2, 0.25) is 15.5 Å². The smallest absolute Gasteiger partial charge is 0.204 e. The van der Waals surface area contributed by atoms with Gasteiger partial charge in [-0.2, -0.15) is 22.0 Å². The number of nitrogens with zero attached hydrogens (tertiary/aromatic N) is 3. The lowest BCUT2D eigenvalue weighted by Crippen LogP contribution is -2.52. The molecule has 0 atom stereocenters. The van der Waals surface area contributed by atoms with E-state index in [0.717, 1.165) is 0 Å². The highest BCUT2D eigenvalue weighted by Crippen LogP contribution is 2.34. The van der Waals surface area contributed by atoms with Crippen molar-refractivity contribution < 1.29 is 8.42 Å². The quantitative estimate of drug-likeness (QED) is 0.520. The summed E-state index contributed by atoms with van der Waals surface area (Å²) in [5, 5.41) is -0.328. The molecule has 6 nitrogen and oxygen atoms in total. The fourth-order valence-corrected chi connectivity index (χ4v) is 2.62. The van der Waals surface area contributed by atoms with Gasteiger partial charge in [-0.25, -0.2) is 4.98 Å². The van der Waals surface area contributed by atoms with Crippen LogP contribution in [0.1, 0.15) is 0 Å². The Balaban J connectivity index is 3.54. The molecule has 0 bridgehead atoms. The Bertz CT molecular complexity index is 546. The van der Waals surface area contributed by atoms with Crippen molar-refractivity contribution in [3.05, 3.63) is 15.5 Å². The van der Waals surface area contributed by atoms with Gasteiger partial charge in [0, 0.05) is 7.05 Å². The molecule has 96 valence electrons. The van der Waals surface area contributed by atoms with Crippen LogP contribution >= 0.6 is 34.8 Å². The summed E-state index contributed by atoms with van der Waals surface area (Å²) in [5.74, 6) is -0.00832. The van der Waals surface area contributed by atoms with Gasteiger partial charge in [-0.05, 0) is 11.6 Å². The highest BCUT2D eigenvalue weighted by Gasteiger charge is 2.39. The second-order valence-electron chi connectivity index (χ2n) is 3.45. The Morgan fingerprint density at radius 1 is 1.18 bits per heavy atom. The summed E-state index contributed by atoms with van der Waals surface area (Å²) in [6.07, 6.45) is 0. The lowest BCUT2D eigenvalue weighted by atomic mass is 10.5. The number of hydrogen-bond acceptors (Lipinski definition) is 4. The van der Waals surface area contributed by atoms with Gasteiger partial charge in [0.1, 0.15) is 0 Å². The van der Waals surface area contributed by atoms with Crippen molar-refractivity contribution in [3.8, 4) is 0 Å². The second-order valence-corrected chi connectivity index (χ2v) is 6.80. The minimum Gasteiger partial charge on any atom is -0.204 e. The molecule has 1 heterocycles. The van der Waals surface area contributed by atoms with Crippen LogP contribution in [0.3, 0.4) is 0 Å². The molecule has 0 fully saturated rings. The summed E-state index contributed by atoms with van der Waals surface area (Å²) in [7, 11) is 0.337. The van der Waals surface area contributed by atoms with Crippen LogP contribution in [0.15, 0.2) is 0 Å². The minimum absolute atomic E-state index is 0.00832. The van der Waals surface area contributed by atoms with E-state index in [0.29, 0.717) is 0 Å². The van der Waals surface area contributed by atoms with Crippen molar-refractivity contribution in [1.82, 2.24) is 18.6 Å². The van der Waals surface area contributed by atoms with Gasteiger partial charge in [-0.3, -0.25) is 0 Å². The molecule has 17 heavy (non-hydrogen) atoms. The molecule has 1 aromatic rings. The van der Waals surface area contributed by atoms with Gasteiger partial charge in [-0.1, -0.05) is 23.2 Å². The summed E-state index contributed by atoms with van der Waals surface area (Å²) >= 11 is 17.2. The highest BCUT2D eigenvalue weighted by atomic mass is 35.5. The van der Waals surface area contributed by atoms with E-state index < -0.39 is 14.1 Å². The number of aromatic nitrogens is 2. The molecule has 10 heteroatoms. The number of halogens is 3. The van der Waals surface area contributed by atoms with E-state index in [-0.39, 0.29) is 21.3 Å². The third-order valence-electron chi connectivity index (χ3n) is 2.13. The van der Waals surface area contributed by atoms with Crippen LogP contribution in [-0.4, -0.2) is 39.5 Å². The Labute approximate surface area is 114 Å². The summed E-state index contributed by atoms with van der Waals surface area (Å²) < 4.78 is 25.2. The minimum atomic E-state index is -3.71. The average molecular weight is 321 g/mol. The van der Waals surface area contributed by atoms with E-state index >= 15 is 0 Å². The molecule has 0 amide bonds. The van der Waals surface area contributed by atoms with Crippen molar-refractivity contribution in [3.63, 3.8) is 0 Å². The average Bonchev–Trinajstić information content (AvgIpc) is 2.22. The maximum absolute atomic E-state index is 11.9. The summed E-state index contributed by atoms with van der Waals surface area (Å²) in [5.41, 5.74) is 0. The van der Waals surface area contributed by atoms with E-state index in [2.05, 4.69) is 14.7 Å². The van der Waals surface area contributed by atoms with Gasteiger partial charge in [0.05, 0.1) is 14.1 Å². The van der Waals surface area contributed by atoms with Crippen molar-refractivity contribution in [2.75, 3.05) is 21.1 Å². The molecule has 0 aromatic carbocycles. The third-order valence-corrected chi connectivity index (χ3v) is 4.91. The highest BCUT2D eigenvalue weighted by molar-refractivity contribution is 7.88. The van der Waals surface area contributed by atoms with E-state index in [1.165, 1.54) is 21.1 Å². The fourth-order valence-electron chi connectivity index (χ4n) is 1.08. The Morgan fingerprint density at radius 2 is 1.71 bits per heavy atom. The van der Waals surface area contributed by atoms with Crippen LogP contribution in [0, 0.1) is 0 Å². The van der Waals surface area contributed by atoms with Crippen molar-refractivity contribution in [1.29, 1.82) is 0 Å². The van der Waals surface area contributed by atoms with Gasteiger partial charge in [0.15, 0.2) is 10.2 Å². The number of quaternary nitrogens is 1. The molecule has 0 spiro atoms. The lowest BCUT2D eigenvalue weighted by Gasteiger charge is -2.26. The van der Waals surface area contributed by atoms with Crippen molar-refractivity contribution in [2.45, 2.75) is 0 Å². The number of rotatable bonds is 3. The van der Waals surface area contributed by atoms with Crippen LogP contribution in [0.25, 0.3) is 0 Å².